The fourth-order valence-corrected chi connectivity index (χ4v) is 6.84. The van der Waals surface area contributed by atoms with Crippen molar-refractivity contribution in [2.45, 2.75) is 71.6 Å². The fraction of sp³-hybridized carbons (Fsp3) is 0.440. The summed E-state index contributed by atoms with van der Waals surface area (Å²) in [4.78, 5) is 0. The maximum atomic E-state index is 2.45. The molecule has 0 fully saturated rings. The maximum Gasteiger partial charge on any atom is 0.0542 e. The summed E-state index contributed by atoms with van der Waals surface area (Å²) in [5, 5.41) is 2.89. The highest BCUT2D eigenvalue weighted by molar-refractivity contribution is 7.36. The van der Waals surface area contributed by atoms with Crippen molar-refractivity contribution < 1.29 is 0 Å². The zero-order chi connectivity index (χ0) is 18.6. The molecular weight excluding hydrogens is 364 g/mol. The quantitative estimate of drug-likeness (QED) is 0.248. The lowest BCUT2D eigenvalue weighted by Gasteiger charge is -2.03. The van der Waals surface area contributed by atoms with Crippen molar-refractivity contribution in [1.29, 1.82) is 0 Å². The van der Waals surface area contributed by atoms with E-state index in [1.54, 1.807) is 0 Å². The fourth-order valence-electron chi connectivity index (χ4n) is 4.03. The number of hydrogen-bond acceptors (Lipinski definition) is 2. The molecule has 0 nitrogen and oxygen atoms in total. The van der Waals surface area contributed by atoms with E-state index in [2.05, 4.69) is 50.2 Å². The molecule has 2 aromatic heterocycles. The van der Waals surface area contributed by atoms with E-state index in [1.807, 2.05) is 22.7 Å². The highest BCUT2D eigenvalue weighted by Gasteiger charge is 2.12. The lowest BCUT2D eigenvalue weighted by Crippen LogP contribution is -1.86. The highest BCUT2D eigenvalue weighted by Crippen LogP contribution is 2.44. The topological polar surface area (TPSA) is 0 Å². The molecule has 142 valence electrons. The second-order valence-corrected chi connectivity index (χ2v) is 10.0. The van der Waals surface area contributed by atoms with E-state index in [0.29, 0.717) is 0 Å². The molecule has 0 saturated heterocycles. The zero-order valence-electron chi connectivity index (χ0n) is 16.6. The van der Waals surface area contributed by atoms with Gasteiger partial charge in [-0.15, -0.1) is 22.7 Å². The van der Waals surface area contributed by atoms with Gasteiger partial charge in [0.2, 0.25) is 0 Å². The summed E-state index contributed by atoms with van der Waals surface area (Å²) >= 11 is 3.94. The van der Waals surface area contributed by atoms with Gasteiger partial charge in [0.15, 0.2) is 0 Å². The minimum Gasteiger partial charge on any atom is -0.134 e. The maximum absolute atomic E-state index is 2.45. The van der Waals surface area contributed by atoms with Crippen LogP contribution in [-0.2, 0) is 6.42 Å². The summed E-state index contributed by atoms with van der Waals surface area (Å²) in [6.45, 7) is 4.47. The van der Waals surface area contributed by atoms with Crippen LogP contribution in [0.1, 0.15) is 69.4 Å². The summed E-state index contributed by atoms with van der Waals surface area (Å²) in [6.07, 6.45) is 12.4. The first kappa shape index (κ1) is 19.0. The Balaban J connectivity index is 1.41. The van der Waals surface area contributed by atoms with Crippen LogP contribution < -0.4 is 0 Å². The first-order chi connectivity index (χ1) is 13.3. The number of fused-ring (bicyclic) bond motifs is 5. The summed E-state index contributed by atoms with van der Waals surface area (Å²) in [7, 11) is 0. The lowest BCUT2D eigenvalue weighted by molar-refractivity contribution is 0.575. The number of hydrogen-bond donors (Lipinski definition) is 0. The molecule has 2 aromatic carbocycles. The second-order valence-electron chi connectivity index (χ2n) is 7.92. The van der Waals surface area contributed by atoms with Gasteiger partial charge >= 0.3 is 0 Å². The van der Waals surface area contributed by atoms with Crippen LogP contribution in [0.4, 0.5) is 0 Å². The molecule has 0 aliphatic heterocycles. The molecule has 0 unspecified atom stereocenters. The minimum absolute atomic E-state index is 1.23. The molecule has 0 aliphatic rings. The molecule has 4 rings (SSSR count). The van der Waals surface area contributed by atoms with Gasteiger partial charge in [-0.25, -0.2) is 0 Å². The molecular formula is C25H30S2. The van der Waals surface area contributed by atoms with Crippen LogP contribution in [0.5, 0.6) is 0 Å². The highest BCUT2D eigenvalue weighted by atomic mass is 32.1. The first-order valence-electron chi connectivity index (χ1n) is 10.6. The van der Waals surface area contributed by atoms with Gasteiger partial charge < -0.3 is 0 Å². The molecule has 0 N–H and O–H groups in total. The predicted molar refractivity (Wildman–Crippen MR) is 126 cm³/mol. The normalized spacial score (nSPS) is 11.9. The lowest BCUT2D eigenvalue weighted by atomic mass is 10.0. The van der Waals surface area contributed by atoms with Gasteiger partial charge in [-0.1, -0.05) is 76.1 Å². The van der Waals surface area contributed by atoms with Gasteiger partial charge in [0.1, 0.15) is 0 Å². The van der Waals surface area contributed by atoms with Crippen LogP contribution >= 0.6 is 22.7 Å². The Morgan fingerprint density at radius 3 is 1.96 bits per heavy atom. The van der Waals surface area contributed by atoms with E-state index < -0.39 is 0 Å². The van der Waals surface area contributed by atoms with Crippen LogP contribution in [-0.4, -0.2) is 0 Å². The van der Waals surface area contributed by atoms with E-state index in [9.17, 15) is 0 Å². The molecule has 2 heteroatoms. The number of benzene rings is 2. The van der Waals surface area contributed by atoms with Crippen molar-refractivity contribution in [3.8, 4) is 0 Å². The van der Waals surface area contributed by atoms with Crippen LogP contribution in [0.2, 0.25) is 0 Å². The molecule has 0 atom stereocenters. The number of rotatable bonds is 9. The third kappa shape index (κ3) is 4.22. The van der Waals surface area contributed by atoms with Gasteiger partial charge in [0.25, 0.3) is 0 Å². The number of unbranched alkanes of at least 4 members (excludes halogenated alkanes) is 7. The average Bonchev–Trinajstić information content (AvgIpc) is 3.18. The summed E-state index contributed by atoms with van der Waals surface area (Å²) < 4.78 is 5.86. The molecule has 27 heavy (non-hydrogen) atoms. The van der Waals surface area contributed by atoms with E-state index >= 15 is 0 Å². The standard InChI is InChI=1S/C25H30S2/c1-3-4-5-6-7-8-9-10-11-19-13-15-21-23(17-19)27-24-20-14-12-18(2)16-22(20)26-25(21)24/h12-17H,3-11H2,1-2H3. The molecule has 0 radical (unpaired) electrons. The number of aryl methyl sites for hydroxylation is 2. The average molecular weight is 395 g/mol. The minimum atomic E-state index is 1.23. The van der Waals surface area contributed by atoms with E-state index in [0.717, 1.165) is 0 Å². The van der Waals surface area contributed by atoms with Gasteiger partial charge in [-0.2, -0.15) is 0 Å². The Morgan fingerprint density at radius 1 is 0.667 bits per heavy atom. The Labute approximate surface area is 171 Å². The van der Waals surface area contributed by atoms with Crippen molar-refractivity contribution in [2.75, 3.05) is 0 Å². The predicted octanol–water partition coefficient (Wildman–Crippen LogP) is 9.26. The molecule has 0 saturated carbocycles. The van der Waals surface area contributed by atoms with E-state index in [1.165, 1.54) is 98.5 Å². The Kier molecular flexibility index (Phi) is 6.14. The zero-order valence-corrected chi connectivity index (χ0v) is 18.3. The van der Waals surface area contributed by atoms with E-state index in [-0.39, 0.29) is 0 Å². The smallest absolute Gasteiger partial charge is 0.0542 e. The second kappa shape index (κ2) is 8.75. The largest absolute Gasteiger partial charge is 0.134 e. The van der Waals surface area contributed by atoms with Crippen molar-refractivity contribution >= 4 is 52.2 Å². The third-order valence-corrected chi connectivity index (χ3v) is 8.12. The number of thiophene rings is 2. The van der Waals surface area contributed by atoms with Gasteiger partial charge in [0.05, 0.1) is 9.40 Å². The summed E-state index contributed by atoms with van der Waals surface area (Å²) in [5.41, 5.74) is 2.87. The van der Waals surface area contributed by atoms with Crippen LogP contribution in [0.3, 0.4) is 0 Å². The van der Waals surface area contributed by atoms with Crippen LogP contribution in [0.25, 0.3) is 29.6 Å². The Bertz CT molecular complexity index is 1030. The van der Waals surface area contributed by atoms with Crippen molar-refractivity contribution in [2.24, 2.45) is 0 Å². The third-order valence-electron chi connectivity index (χ3n) is 5.62. The molecule has 0 amide bonds. The van der Waals surface area contributed by atoms with Crippen LogP contribution in [0, 0.1) is 6.92 Å². The van der Waals surface area contributed by atoms with Crippen LogP contribution in [0.15, 0.2) is 36.4 Å². The van der Waals surface area contributed by atoms with Gasteiger partial charge in [-0.3, -0.25) is 0 Å². The first-order valence-corrected chi connectivity index (χ1v) is 12.2. The van der Waals surface area contributed by atoms with E-state index in [4.69, 9.17) is 0 Å². The summed E-state index contributed by atoms with van der Waals surface area (Å²) in [6, 6.07) is 14.1. The Hall–Kier alpha value is -1.38. The van der Waals surface area contributed by atoms with Crippen molar-refractivity contribution in [3.05, 3.63) is 47.5 Å². The summed E-state index contributed by atoms with van der Waals surface area (Å²) in [5.74, 6) is 0. The Morgan fingerprint density at radius 2 is 1.26 bits per heavy atom. The monoisotopic (exact) mass is 394 g/mol. The van der Waals surface area contributed by atoms with Crippen molar-refractivity contribution in [3.63, 3.8) is 0 Å². The van der Waals surface area contributed by atoms with Crippen molar-refractivity contribution in [1.82, 2.24) is 0 Å². The molecule has 0 aliphatic carbocycles. The molecule has 2 heterocycles. The molecule has 0 spiro atoms. The van der Waals surface area contributed by atoms with Gasteiger partial charge in [-0.05, 0) is 43.0 Å². The molecule has 4 aromatic rings. The molecule has 0 bridgehead atoms. The van der Waals surface area contributed by atoms with Gasteiger partial charge in [0, 0.05) is 20.2 Å². The SMILES string of the molecule is CCCCCCCCCCc1ccc2c(c1)sc1c3ccc(C)cc3sc21.